The number of aliphatic hydroxyl groups is 1. The summed E-state index contributed by atoms with van der Waals surface area (Å²) >= 11 is 6.43. The van der Waals surface area contributed by atoms with Gasteiger partial charge in [0.05, 0.1) is 19.6 Å². The van der Waals surface area contributed by atoms with Crippen molar-refractivity contribution in [3.05, 3.63) is 52.1 Å². The molecule has 0 radical (unpaired) electrons. The zero-order valence-electron chi connectivity index (χ0n) is 20.2. The van der Waals surface area contributed by atoms with Crippen LogP contribution in [0.25, 0.3) is 0 Å². The molecule has 1 aromatic carbocycles. The van der Waals surface area contributed by atoms with Gasteiger partial charge in [-0.3, -0.25) is 9.59 Å². The van der Waals surface area contributed by atoms with Crippen LogP contribution in [0.4, 0.5) is 0 Å². The van der Waals surface area contributed by atoms with Crippen molar-refractivity contribution in [3.63, 3.8) is 0 Å². The van der Waals surface area contributed by atoms with Gasteiger partial charge < -0.3 is 19.7 Å². The maximum absolute atomic E-state index is 13.3. The van der Waals surface area contributed by atoms with Gasteiger partial charge in [-0.15, -0.1) is 0 Å². The number of halogens is 1. The van der Waals surface area contributed by atoms with E-state index in [0.717, 1.165) is 36.8 Å². The first-order valence-corrected chi connectivity index (χ1v) is 11.9. The van der Waals surface area contributed by atoms with Crippen molar-refractivity contribution in [3.8, 4) is 11.8 Å². The van der Waals surface area contributed by atoms with Crippen molar-refractivity contribution >= 4 is 23.5 Å². The number of aryl methyl sites for hydroxylation is 1. The van der Waals surface area contributed by atoms with Gasteiger partial charge in [-0.25, -0.2) is 4.98 Å². The lowest BCUT2D eigenvalue weighted by Gasteiger charge is -2.27. The molecule has 182 valence electrons. The summed E-state index contributed by atoms with van der Waals surface area (Å²) in [4.78, 5) is 29.4. The summed E-state index contributed by atoms with van der Waals surface area (Å²) in [6.07, 6.45) is 3.20. The van der Waals surface area contributed by atoms with Crippen molar-refractivity contribution < 1.29 is 19.4 Å². The number of nitrogens with one attached hydrogen (secondary N) is 1. The number of hydrogen-bond acceptors (Lipinski definition) is 5. The predicted molar refractivity (Wildman–Crippen MR) is 130 cm³/mol. The van der Waals surface area contributed by atoms with Gasteiger partial charge in [0.25, 0.3) is 5.91 Å². The molecular weight excluding hydrogens is 454 g/mol. The quantitative estimate of drug-likeness (QED) is 0.480. The van der Waals surface area contributed by atoms with E-state index in [-0.39, 0.29) is 40.4 Å². The standard InChI is InChI=1S/C26H32ClN3O4/c1-17-5-7-19(8-6-17)16-30-22(21(29-25(30)27)13-14-26(2,3)33)23(31)28-15-18-9-11-20(12-10-18)24(32)34-4/h5-8,18,20,33H,9-12,15-16H2,1-4H3,(H,28,31). The van der Waals surface area contributed by atoms with E-state index >= 15 is 0 Å². The summed E-state index contributed by atoms with van der Waals surface area (Å²) in [6.45, 7) is 5.99. The van der Waals surface area contributed by atoms with Crippen molar-refractivity contribution in [2.75, 3.05) is 13.7 Å². The molecule has 0 spiro atoms. The maximum Gasteiger partial charge on any atom is 0.308 e. The Labute approximate surface area is 205 Å². The van der Waals surface area contributed by atoms with Gasteiger partial charge in [0.15, 0.2) is 0 Å². The fourth-order valence-corrected chi connectivity index (χ4v) is 4.29. The van der Waals surface area contributed by atoms with E-state index in [1.54, 1.807) is 18.4 Å². The first-order valence-electron chi connectivity index (χ1n) is 11.5. The Morgan fingerprint density at radius 2 is 1.88 bits per heavy atom. The summed E-state index contributed by atoms with van der Waals surface area (Å²) in [5, 5.41) is 13.2. The fraction of sp³-hybridized carbons (Fsp3) is 0.500. The van der Waals surface area contributed by atoms with Crippen LogP contribution in [0, 0.1) is 30.6 Å². The number of hydrogen-bond donors (Lipinski definition) is 2. The van der Waals surface area contributed by atoms with E-state index in [9.17, 15) is 14.7 Å². The fourth-order valence-electron chi connectivity index (χ4n) is 4.07. The van der Waals surface area contributed by atoms with E-state index in [0.29, 0.717) is 13.1 Å². The first-order chi connectivity index (χ1) is 16.1. The summed E-state index contributed by atoms with van der Waals surface area (Å²) in [6, 6.07) is 7.96. The first kappa shape index (κ1) is 25.8. The SMILES string of the molecule is COC(=O)C1CCC(CNC(=O)c2c(C#CC(C)(C)O)nc(Cl)n2Cc2ccc(C)cc2)CC1. The van der Waals surface area contributed by atoms with Gasteiger partial charge in [-0.1, -0.05) is 35.7 Å². The normalized spacial score (nSPS) is 18.1. The molecule has 2 N–H and O–H groups in total. The van der Waals surface area contributed by atoms with Gasteiger partial charge >= 0.3 is 5.97 Å². The molecule has 0 unspecified atom stereocenters. The van der Waals surface area contributed by atoms with E-state index in [1.807, 2.05) is 31.2 Å². The molecule has 0 saturated heterocycles. The average molecular weight is 486 g/mol. The lowest BCUT2D eigenvalue weighted by atomic mass is 9.82. The summed E-state index contributed by atoms with van der Waals surface area (Å²) < 4.78 is 6.49. The average Bonchev–Trinajstić information content (AvgIpc) is 3.12. The Morgan fingerprint density at radius 3 is 2.47 bits per heavy atom. The van der Waals surface area contributed by atoms with E-state index in [1.165, 1.54) is 7.11 Å². The molecule has 1 aliphatic rings. The van der Waals surface area contributed by atoms with Crippen LogP contribution in [0.3, 0.4) is 0 Å². The molecule has 1 saturated carbocycles. The van der Waals surface area contributed by atoms with E-state index in [4.69, 9.17) is 16.3 Å². The third-order valence-corrected chi connectivity index (χ3v) is 6.31. The Hall–Kier alpha value is -2.82. The number of amides is 1. The Bertz CT molecular complexity index is 1080. The Kier molecular flexibility index (Phi) is 8.40. The van der Waals surface area contributed by atoms with Crippen molar-refractivity contribution in [1.82, 2.24) is 14.9 Å². The number of rotatable bonds is 6. The van der Waals surface area contributed by atoms with Crippen LogP contribution >= 0.6 is 11.6 Å². The number of ether oxygens (including phenoxy) is 1. The minimum atomic E-state index is -1.24. The number of carbonyl (C=O) groups excluding carboxylic acids is 2. The van der Waals surface area contributed by atoms with Gasteiger partial charge in [0, 0.05) is 6.54 Å². The van der Waals surface area contributed by atoms with Gasteiger partial charge in [-0.05, 0) is 75.5 Å². The molecule has 1 heterocycles. The molecule has 0 aliphatic heterocycles. The minimum Gasteiger partial charge on any atom is -0.469 e. The molecule has 3 rings (SSSR count). The third-order valence-electron chi connectivity index (χ3n) is 6.02. The lowest BCUT2D eigenvalue weighted by Crippen LogP contribution is -2.34. The third kappa shape index (κ3) is 6.85. The maximum atomic E-state index is 13.3. The molecule has 1 aliphatic carbocycles. The second-order valence-electron chi connectivity index (χ2n) is 9.41. The molecule has 1 aromatic heterocycles. The summed E-state index contributed by atoms with van der Waals surface area (Å²) in [5.74, 6) is 5.28. The van der Waals surface area contributed by atoms with Gasteiger partial charge in [0.2, 0.25) is 5.28 Å². The predicted octanol–water partition coefficient (Wildman–Crippen LogP) is 3.72. The highest BCUT2D eigenvalue weighted by Gasteiger charge is 2.28. The summed E-state index contributed by atoms with van der Waals surface area (Å²) in [5.41, 5.74) is 1.37. The second-order valence-corrected chi connectivity index (χ2v) is 9.75. The summed E-state index contributed by atoms with van der Waals surface area (Å²) in [7, 11) is 1.41. The Balaban J connectivity index is 1.79. The number of methoxy groups -OCH3 is 1. The van der Waals surface area contributed by atoms with Crippen molar-refractivity contribution in [2.45, 2.75) is 58.6 Å². The van der Waals surface area contributed by atoms with Crippen molar-refractivity contribution in [2.24, 2.45) is 11.8 Å². The molecule has 1 amide bonds. The number of imidazole rings is 1. The number of aromatic nitrogens is 2. The molecule has 0 bridgehead atoms. The minimum absolute atomic E-state index is 0.0598. The topological polar surface area (TPSA) is 93.4 Å². The number of nitrogens with zero attached hydrogens (tertiary/aromatic N) is 2. The molecule has 0 atom stereocenters. The van der Waals surface area contributed by atoms with Crippen LogP contribution in [-0.4, -0.2) is 45.8 Å². The molecule has 2 aromatic rings. The number of esters is 1. The molecule has 1 fully saturated rings. The van der Waals surface area contributed by atoms with Crippen LogP contribution in [0.2, 0.25) is 5.28 Å². The van der Waals surface area contributed by atoms with Gasteiger partial charge in [-0.2, -0.15) is 0 Å². The van der Waals surface area contributed by atoms with E-state index in [2.05, 4.69) is 22.1 Å². The monoisotopic (exact) mass is 485 g/mol. The number of carbonyl (C=O) groups is 2. The molecule has 34 heavy (non-hydrogen) atoms. The number of benzene rings is 1. The zero-order valence-corrected chi connectivity index (χ0v) is 20.9. The van der Waals surface area contributed by atoms with Crippen LogP contribution < -0.4 is 5.32 Å². The zero-order chi connectivity index (χ0) is 24.9. The molecular formula is C26H32ClN3O4. The van der Waals surface area contributed by atoms with Crippen LogP contribution in [0.1, 0.15) is 66.8 Å². The second kappa shape index (κ2) is 11.1. The smallest absolute Gasteiger partial charge is 0.308 e. The van der Waals surface area contributed by atoms with Crippen LogP contribution in [0.15, 0.2) is 24.3 Å². The highest BCUT2D eigenvalue weighted by Crippen LogP contribution is 2.29. The van der Waals surface area contributed by atoms with Gasteiger partial charge in [0.1, 0.15) is 17.0 Å². The van der Waals surface area contributed by atoms with Crippen LogP contribution in [0.5, 0.6) is 0 Å². The van der Waals surface area contributed by atoms with E-state index < -0.39 is 5.60 Å². The molecule has 7 nitrogen and oxygen atoms in total. The molecule has 8 heteroatoms. The Morgan fingerprint density at radius 1 is 1.24 bits per heavy atom. The highest BCUT2D eigenvalue weighted by atomic mass is 35.5. The lowest BCUT2D eigenvalue weighted by molar-refractivity contribution is -0.146. The highest BCUT2D eigenvalue weighted by molar-refractivity contribution is 6.29. The largest absolute Gasteiger partial charge is 0.469 e. The van der Waals surface area contributed by atoms with Crippen molar-refractivity contribution in [1.29, 1.82) is 0 Å². The van der Waals surface area contributed by atoms with Crippen LogP contribution in [-0.2, 0) is 16.1 Å².